The molecular formula is C24H39NO3. The Hall–Kier alpha value is -1.13. The highest BCUT2D eigenvalue weighted by Gasteiger charge is 2.45. The van der Waals surface area contributed by atoms with Crippen LogP contribution in [0.5, 0.6) is 0 Å². The standard InChI is InChI=1S/C24H39NO3/c1-2-13-25-24(28)10-6-3-7-17-14-19-16-23(27)20(21(19)15-17)11-12-22(26)18-8-4-5-9-18/h7,11-12,18-23,26-27H,2-6,8-10,13-16H2,1H3,(H,25,28)/b12-11+,17-7+/t19-,20+,21-,22+,23+/m0/s1. The maximum Gasteiger partial charge on any atom is 0.220 e. The van der Waals surface area contributed by atoms with Crippen LogP contribution in [0.25, 0.3) is 0 Å². The molecule has 4 heteroatoms. The van der Waals surface area contributed by atoms with Crippen molar-refractivity contribution in [2.45, 2.75) is 89.8 Å². The van der Waals surface area contributed by atoms with E-state index in [1.54, 1.807) is 0 Å². The minimum atomic E-state index is -0.343. The van der Waals surface area contributed by atoms with Crippen molar-refractivity contribution in [3.8, 4) is 0 Å². The highest BCUT2D eigenvalue weighted by molar-refractivity contribution is 5.75. The van der Waals surface area contributed by atoms with Crippen molar-refractivity contribution in [3.05, 3.63) is 23.8 Å². The number of nitrogens with one attached hydrogen (secondary N) is 1. The lowest BCUT2D eigenvalue weighted by Crippen LogP contribution is -2.23. The van der Waals surface area contributed by atoms with Crippen molar-refractivity contribution in [2.75, 3.05) is 6.54 Å². The predicted octanol–water partition coefficient (Wildman–Crippen LogP) is 4.12. The van der Waals surface area contributed by atoms with Gasteiger partial charge in [-0.2, -0.15) is 0 Å². The van der Waals surface area contributed by atoms with Crippen LogP contribution in [-0.2, 0) is 4.79 Å². The maximum absolute atomic E-state index is 11.7. The van der Waals surface area contributed by atoms with E-state index in [1.807, 2.05) is 6.08 Å². The topological polar surface area (TPSA) is 69.6 Å². The van der Waals surface area contributed by atoms with E-state index >= 15 is 0 Å². The lowest BCUT2D eigenvalue weighted by Gasteiger charge is -2.19. The average Bonchev–Trinajstić information content (AvgIpc) is 3.39. The Morgan fingerprint density at radius 1 is 1.29 bits per heavy atom. The summed E-state index contributed by atoms with van der Waals surface area (Å²) in [7, 11) is 0. The van der Waals surface area contributed by atoms with Crippen molar-refractivity contribution in [3.63, 3.8) is 0 Å². The zero-order valence-electron chi connectivity index (χ0n) is 17.5. The van der Waals surface area contributed by atoms with Gasteiger partial charge in [0.05, 0.1) is 12.2 Å². The summed E-state index contributed by atoms with van der Waals surface area (Å²) < 4.78 is 0. The molecule has 0 spiro atoms. The van der Waals surface area contributed by atoms with E-state index in [0.29, 0.717) is 24.2 Å². The molecule has 158 valence electrons. The van der Waals surface area contributed by atoms with Gasteiger partial charge in [0.15, 0.2) is 0 Å². The SMILES string of the molecule is CCCNC(=O)CCC/C=C1\C[C@H]2C[C@@H](O)[C@H](/C=C/[C@@H](O)C3CCCC3)[C@H]2C1. The van der Waals surface area contributed by atoms with E-state index in [0.717, 1.165) is 57.9 Å². The van der Waals surface area contributed by atoms with E-state index in [9.17, 15) is 15.0 Å². The van der Waals surface area contributed by atoms with E-state index in [1.165, 1.54) is 18.4 Å². The quantitative estimate of drug-likeness (QED) is 0.410. The molecule has 3 aliphatic carbocycles. The molecule has 0 saturated heterocycles. The van der Waals surface area contributed by atoms with Crippen LogP contribution in [0, 0.1) is 23.7 Å². The Bertz CT molecular complexity index is 564. The van der Waals surface area contributed by atoms with Gasteiger partial charge in [0.2, 0.25) is 5.91 Å². The fourth-order valence-electron chi connectivity index (χ4n) is 5.56. The largest absolute Gasteiger partial charge is 0.392 e. The molecule has 3 rings (SSSR count). The van der Waals surface area contributed by atoms with Crippen LogP contribution < -0.4 is 5.32 Å². The Morgan fingerprint density at radius 3 is 2.82 bits per heavy atom. The van der Waals surface area contributed by atoms with Gasteiger partial charge in [-0.1, -0.05) is 43.6 Å². The fraction of sp³-hybridized carbons (Fsp3) is 0.792. The Labute approximate surface area is 170 Å². The molecule has 4 nitrogen and oxygen atoms in total. The molecule has 0 radical (unpaired) electrons. The molecule has 3 aliphatic rings. The zero-order valence-corrected chi connectivity index (χ0v) is 17.5. The molecule has 0 aromatic heterocycles. The van der Waals surface area contributed by atoms with Gasteiger partial charge in [0.25, 0.3) is 0 Å². The first-order chi connectivity index (χ1) is 13.6. The molecule has 0 unspecified atom stereocenters. The summed E-state index contributed by atoms with van der Waals surface area (Å²) in [5.41, 5.74) is 1.51. The number of aliphatic hydroxyl groups excluding tert-OH is 2. The lowest BCUT2D eigenvalue weighted by molar-refractivity contribution is -0.121. The van der Waals surface area contributed by atoms with Crippen LogP contribution in [0.1, 0.15) is 77.6 Å². The maximum atomic E-state index is 11.7. The molecular weight excluding hydrogens is 350 g/mol. The van der Waals surface area contributed by atoms with Gasteiger partial charge in [0, 0.05) is 18.9 Å². The average molecular weight is 390 g/mol. The number of unbranched alkanes of at least 4 members (excludes halogenated alkanes) is 1. The number of amides is 1. The summed E-state index contributed by atoms with van der Waals surface area (Å²) >= 11 is 0. The van der Waals surface area contributed by atoms with E-state index < -0.39 is 0 Å². The van der Waals surface area contributed by atoms with Crippen LogP contribution in [0.4, 0.5) is 0 Å². The van der Waals surface area contributed by atoms with Crippen molar-refractivity contribution in [1.29, 1.82) is 0 Å². The van der Waals surface area contributed by atoms with Crippen molar-refractivity contribution < 1.29 is 15.0 Å². The molecule has 0 aromatic carbocycles. The Morgan fingerprint density at radius 2 is 2.07 bits per heavy atom. The number of aliphatic hydroxyl groups is 2. The molecule has 3 N–H and O–H groups in total. The lowest BCUT2D eigenvalue weighted by atomic mass is 9.89. The third kappa shape index (κ3) is 5.70. The van der Waals surface area contributed by atoms with Gasteiger partial charge in [-0.05, 0) is 69.1 Å². The molecule has 3 saturated carbocycles. The number of rotatable bonds is 9. The fourth-order valence-corrected chi connectivity index (χ4v) is 5.56. The van der Waals surface area contributed by atoms with Gasteiger partial charge >= 0.3 is 0 Å². The summed E-state index contributed by atoms with van der Waals surface area (Å²) in [6, 6.07) is 0. The van der Waals surface area contributed by atoms with Gasteiger partial charge in [-0.15, -0.1) is 0 Å². The van der Waals surface area contributed by atoms with Crippen LogP contribution in [0.3, 0.4) is 0 Å². The summed E-state index contributed by atoms with van der Waals surface area (Å²) in [6.07, 6.45) is 17.1. The van der Waals surface area contributed by atoms with Gasteiger partial charge in [-0.3, -0.25) is 4.79 Å². The predicted molar refractivity (Wildman–Crippen MR) is 113 cm³/mol. The van der Waals surface area contributed by atoms with Crippen LogP contribution >= 0.6 is 0 Å². The molecule has 5 atom stereocenters. The minimum absolute atomic E-state index is 0.165. The first-order valence-corrected chi connectivity index (χ1v) is 11.6. The highest BCUT2D eigenvalue weighted by Crippen LogP contribution is 2.50. The zero-order chi connectivity index (χ0) is 19.9. The third-order valence-corrected chi connectivity index (χ3v) is 7.14. The summed E-state index contributed by atoms with van der Waals surface area (Å²) in [5, 5.41) is 23.9. The van der Waals surface area contributed by atoms with Gasteiger partial charge < -0.3 is 15.5 Å². The first kappa shape index (κ1) is 21.6. The van der Waals surface area contributed by atoms with E-state index in [2.05, 4.69) is 24.4 Å². The molecule has 0 aliphatic heterocycles. The van der Waals surface area contributed by atoms with Crippen molar-refractivity contribution in [1.82, 2.24) is 5.32 Å². The second-order valence-corrected chi connectivity index (χ2v) is 9.24. The summed E-state index contributed by atoms with van der Waals surface area (Å²) in [5.74, 6) is 1.86. The van der Waals surface area contributed by atoms with Crippen molar-refractivity contribution >= 4 is 5.91 Å². The van der Waals surface area contributed by atoms with Crippen molar-refractivity contribution in [2.24, 2.45) is 23.7 Å². The van der Waals surface area contributed by atoms with Gasteiger partial charge in [-0.25, -0.2) is 0 Å². The number of hydrogen-bond donors (Lipinski definition) is 3. The Balaban J connectivity index is 1.45. The minimum Gasteiger partial charge on any atom is -0.392 e. The van der Waals surface area contributed by atoms with E-state index in [-0.39, 0.29) is 24.0 Å². The second-order valence-electron chi connectivity index (χ2n) is 9.24. The van der Waals surface area contributed by atoms with Gasteiger partial charge in [0.1, 0.15) is 0 Å². The molecule has 3 fully saturated rings. The smallest absolute Gasteiger partial charge is 0.220 e. The summed E-state index contributed by atoms with van der Waals surface area (Å²) in [4.78, 5) is 11.7. The Kier molecular flexibility index (Phi) is 8.16. The number of carbonyl (C=O) groups is 1. The molecule has 1 amide bonds. The van der Waals surface area contributed by atoms with Crippen LogP contribution in [0.15, 0.2) is 23.8 Å². The second kappa shape index (κ2) is 10.6. The first-order valence-electron chi connectivity index (χ1n) is 11.6. The van der Waals surface area contributed by atoms with Crippen LogP contribution in [-0.4, -0.2) is 34.9 Å². The number of allylic oxidation sites excluding steroid dienone is 2. The highest BCUT2D eigenvalue weighted by atomic mass is 16.3. The molecule has 0 heterocycles. The molecule has 0 bridgehead atoms. The number of carbonyl (C=O) groups excluding carboxylic acids is 1. The molecule has 0 aromatic rings. The normalized spacial score (nSPS) is 33.0. The number of hydrogen-bond acceptors (Lipinski definition) is 3. The van der Waals surface area contributed by atoms with Crippen LogP contribution in [0.2, 0.25) is 0 Å². The third-order valence-electron chi connectivity index (χ3n) is 7.14. The summed E-state index contributed by atoms with van der Waals surface area (Å²) in [6.45, 7) is 2.84. The number of fused-ring (bicyclic) bond motifs is 1. The molecule has 28 heavy (non-hydrogen) atoms. The monoisotopic (exact) mass is 389 g/mol. The van der Waals surface area contributed by atoms with E-state index in [4.69, 9.17) is 0 Å².